The van der Waals surface area contributed by atoms with Gasteiger partial charge in [0.05, 0.1) is 21.3 Å². The fourth-order valence-electron chi connectivity index (χ4n) is 3.72. The summed E-state index contributed by atoms with van der Waals surface area (Å²) >= 11 is 0. The first-order valence-corrected chi connectivity index (χ1v) is 8.36. The number of pyridine rings is 1. The SMILES string of the molecule is CCc1ccc2nc3c4cccc5cc([N+](=O)[O-])cc(c(=O)n3c2c1)c54. The van der Waals surface area contributed by atoms with Crippen molar-refractivity contribution in [3.05, 3.63) is 74.6 Å². The van der Waals surface area contributed by atoms with Crippen molar-refractivity contribution < 1.29 is 4.92 Å². The van der Waals surface area contributed by atoms with E-state index in [-0.39, 0.29) is 11.2 Å². The van der Waals surface area contributed by atoms with Crippen LogP contribution in [0.3, 0.4) is 0 Å². The highest BCUT2D eigenvalue weighted by Gasteiger charge is 2.19. The highest BCUT2D eigenvalue weighted by Crippen LogP contribution is 2.32. The summed E-state index contributed by atoms with van der Waals surface area (Å²) in [4.78, 5) is 28.7. The first-order chi connectivity index (χ1) is 12.6. The molecule has 3 aromatic carbocycles. The van der Waals surface area contributed by atoms with Gasteiger partial charge in [-0.15, -0.1) is 0 Å². The molecule has 26 heavy (non-hydrogen) atoms. The Labute approximate surface area is 146 Å². The van der Waals surface area contributed by atoms with Crippen molar-refractivity contribution in [2.45, 2.75) is 13.3 Å². The number of fused-ring (bicyclic) bond motifs is 4. The number of non-ortho nitro benzene ring substituents is 1. The number of nitrogens with zero attached hydrogens (tertiary/aromatic N) is 3. The maximum atomic E-state index is 13.2. The molecule has 6 nitrogen and oxygen atoms in total. The van der Waals surface area contributed by atoms with Gasteiger partial charge in [0.25, 0.3) is 11.2 Å². The van der Waals surface area contributed by atoms with Crippen molar-refractivity contribution in [2.75, 3.05) is 0 Å². The Morgan fingerprint density at radius 3 is 2.73 bits per heavy atom. The van der Waals surface area contributed by atoms with Crippen molar-refractivity contribution >= 4 is 43.9 Å². The number of rotatable bonds is 2. The van der Waals surface area contributed by atoms with Crippen LogP contribution in [0.25, 0.3) is 38.2 Å². The highest BCUT2D eigenvalue weighted by molar-refractivity contribution is 6.16. The van der Waals surface area contributed by atoms with Crippen LogP contribution in [0.15, 0.2) is 53.3 Å². The molecular formula is C20H13N3O3. The van der Waals surface area contributed by atoms with Gasteiger partial charge in [0, 0.05) is 22.9 Å². The molecule has 2 heterocycles. The number of nitro benzene ring substituents is 1. The van der Waals surface area contributed by atoms with Crippen LogP contribution < -0.4 is 5.56 Å². The second kappa shape index (κ2) is 4.98. The number of aromatic nitrogens is 2. The zero-order chi connectivity index (χ0) is 18.0. The lowest BCUT2D eigenvalue weighted by molar-refractivity contribution is -0.384. The Balaban J connectivity index is 2.10. The molecule has 2 aromatic heterocycles. The molecule has 5 aromatic rings. The van der Waals surface area contributed by atoms with Crippen molar-refractivity contribution in [1.82, 2.24) is 9.38 Å². The van der Waals surface area contributed by atoms with Gasteiger partial charge in [-0.2, -0.15) is 0 Å². The standard InChI is InChI=1S/C20H13N3O3/c1-2-11-6-7-16-17(8-11)22-19(21-16)14-5-3-4-12-9-13(23(25)26)10-15(18(12)14)20(22)24/h3-10H,2H2,1H3. The molecule has 0 atom stereocenters. The Kier molecular flexibility index (Phi) is 2.83. The van der Waals surface area contributed by atoms with Crippen molar-refractivity contribution in [1.29, 1.82) is 0 Å². The minimum absolute atomic E-state index is 0.0832. The smallest absolute Gasteiger partial charge is 0.268 e. The summed E-state index contributed by atoms with van der Waals surface area (Å²) in [5.74, 6) is 0. The van der Waals surface area contributed by atoms with Crippen LogP contribution in [0.4, 0.5) is 5.69 Å². The molecule has 0 aliphatic rings. The molecule has 6 heteroatoms. The second-order valence-corrected chi connectivity index (χ2v) is 6.41. The largest absolute Gasteiger partial charge is 0.270 e. The van der Waals surface area contributed by atoms with Gasteiger partial charge in [0.2, 0.25) is 0 Å². The van der Waals surface area contributed by atoms with Crippen LogP contribution in [0.5, 0.6) is 0 Å². The van der Waals surface area contributed by atoms with Crippen molar-refractivity contribution in [3.63, 3.8) is 0 Å². The molecule has 126 valence electrons. The maximum absolute atomic E-state index is 13.2. The van der Waals surface area contributed by atoms with Gasteiger partial charge in [-0.25, -0.2) is 4.98 Å². The zero-order valence-corrected chi connectivity index (χ0v) is 13.9. The van der Waals surface area contributed by atoms with Gasteiger partial charge in [0.1, 0.15) is 5.65 Å². The lowest BCUT2D eigenvalue weighted by atomic mass is 10.0. The van der Waals surface area contributed by atoms with Crippen molar-refractivity contribution in [2.24, 2.45) is 0 Å². The normalized spacial score (nSPS) is 11.9. The predicted octanol–water partition coefficient (Wildman–Crippen LogP) is 4.06. The van der Waals surface area contributed by atoms with Crippen LogP contribution in [-0.4, -0.2) is 14.3 Å². The number of nitro groups is 1. The van der Waals surface area contributed by atoms with E-state index in [1.807, 2.05) is 30.3 Å². The summed E-state index contributed by atoms with van der Waals surface area (Å²) in [5.41, 5.74) is 2.81. The maximum Gasteiger partial charge on any atom is 0.270 e. The van der Waals surface area contributed by atoms with E-state index >= 15 is 0 Å². The topological polar surface area (TPSA) is 77.5 Å². The highest BCUT2D eigenvalue weighted by atomic mass is 16.6. The molecular weight excluding hydrogens is 330 g/mol. The molecule has 0 radical (unpaired) electrons. The van der Waals surface area contributed by atoms with E-state index in [0.29, 0.717) is 16.4 Å². The molecule has 0 fully saturated rings. The first-order valence-electron chi connectivity index (χ1n) is 8.36. The van der Waals surface area contributed by atoms with Gasteiger partial charge in [-0.3, -0.25) is 19.3 Å². The van der Waals surface area contributed by atoms with Gasteiger partial charge in [-0.1, -0.05) is 31.2 Å². The Hall–Kier alpha value is -3.54. The third-order valence-electron chi connectivity index (χ3n) is 4.97. The molecule has 0 unspecified atom stereocenters. The third kappa shape index (κ3) is 1.81. The zero-order valence-electron chi connectivity index (χ0n) is 13.9. The van der Waals surface area contributed by atoms with Crippen LogP contribution >= 0.6 is 0 Å². The lowest BCUT2D eigenvalue weighted by Gasteiger charge is -2.07. The predicted molar refractivity (Wildman–Crippen MR) is 101 cm³/mol. The number of imidazole rings is 1. The molecule has 0 amide bonds. The first kappa shape index (κ1) is 14.8. The minimum atomic E-state index is -0.466. The number of hydrogen-bond acceptors (Lipinski definition) is 4. The summed E-state index contributed by atoms with van der Waals surface area (Å²) in [6.07, 6.45) is 0.849. The molecule has 0 saturated heterocycles. The average Bonchev–Trinajstić information content (AvgIpc) is 3.04. The summed E-state index contributed by atoms with van der Waals surface area (Å²) in [6, 6.07) is 14.3. The Morgan fingerprint density at radius 1 is 1.12 bits per heavy atom. The van der Waals surface area contributed by atoms with E-state index in [2.05, 4.69) is 11.9 Å². The van der Waals surface area contributed by atoms with Crippen LogP contribution in [0, 0.1) is 10.1 Å². The molecule has 5 rings (SSSR count). The Bertz CT molecular complexity index is 1420. The molecule has 0 aliphatic carbocycles. The van der Waals surface area contributed by atoms with E-state index in [4.69, 9.17) is 0 Å². The molecule has 0 bridgehead atoms. The second-order valence-electron chi connectivity index (χ2n) is 6.41. The summed E-state index contributed by atoms with van der Waals surface area (Å²) in [5, 5.41) is 13.9. The van der Waals surface area contributed by atoms with Gasteiger partial charge in [-0.05, 0) is 29.5 Å². The fraction of sp³-hybridized carbons (Fsp3) is 0.100. The number of hydrogen-bond donors (Lipinski definition) is 0. The van der Waals surface area contributed by atoms with Crippen LogP contribution in [0.1, 0.15) is 12.5 Å². The van der Waals surface area contributed by atoms with E-state index in [1.165, 1.54) is 12.1 Å². The quantitative estimate of drug-likeness (QED) is 0.358. The van der Waals surface area contributed by atoms with Crippen LogP contribution in [0.2, 0.25) is 0 Å². The molecule has 0 saturated carbocycles. The van der Waals surface area contributed by atoms with Gasteiger partial charge < -0.3 is 0 Å². The average molecular weight is 343 g/mol. The number of aryl methyl sites for hydroxylation is 1. The van der Waals surface area contributed by atoms with E-state index in [0.717, 1.165) is 33.8 Å². The summed E-state index contributed by atoms with van der Waals surface area (Å²) < 4.78 is 1.58. The lowest BCUT2D eigenvalue weighted by Crippen LogP contribution is -2.13. The van der Waals surface area contributed by atoms with E-state index in [9.17, 15) is 14.9 Å². The molecule has 0 aliphatic heterocycles. The minimum Gasteiger partial charge on any atom is -0.268 e. The summed E-state index contributed by atoms with van der Waals surface area (Å²) in [6.45, 7) is 2.05. The van der Waals surface area contributed by atoms with Gasteiger partial charge >= 0.3 is 0 Å². The monoisotopic (exact) mass is 343 g/mol. The molecule has 0 N–H and O–H groups in total. The van der Waals surface area contributed by atoms with Gasteiger partial charge in [0.15, 0.2) is 0 Å². The van der Waals surface area contributed by atoms with E-state index < -0.39 is 4.92 Å². The van der Waals surface area contributed by atoms with E-state index in [1.54, 1.807) is 10.5 Å². The molecule has 0 spiro atoms. The van der Waals surface area contributed by atoms with Crippen molar-refractivity contribution in [3.8, 4) is 0 Å². The fourth-order valence-corrected chi connectivity index (χ4v) is 3.72. The third-order valence-corrected chi connectivity index (χ3v) is 4.97. The van der Waals surface area contributed by atoms with Crippen LogP contribution in [-0.2, 0) is 6.42 Å². The summed E-state index contributed by atoms with van der Waals surface area (Å²) in [7, 11) is 0. The Morgan fingerprint density at radius 2 is 1.96 bits per heavy atom. The number of benzene rings is 3.